The molecule has 2 fully saturated rings. The van der Waals surface area contributed by atoms with Crippen LogP contribution in [0, 0.1) is 23.7 Å². The van der Waals surface area contributed by atoms with Gasteiger partial charge in [0.25, 0.3) is 0 Å². The van der Waals surface area contributed by atoms with Gasteiger partial charge in [0.1, 0.15) is 0 Å². The van der Waals surface area contributed by atoms with Crippen LogP contribution >= 0.6 is 11.3 Å². The first-order chi connectivity index (χ1) is 14.5. The molecule has 2 bridgehead atoms. The van der Waals surface area contributed by atoms with Crippen molar-refractivity contribution in [1.29, 1.82) is 0 Å². The van der Waals surface area contributed by atoms with Crippen LogP contribution < -0.4 is 10.6 Å². The molecule has 1 saturated carbocycles. The number of carbonyl (C=O) groups excluding carboxylic acids is 2. The first-order valence-corrected chi connectivity index (χ1v) is 11.6. The number of thiophene rings is 1. The van der Waals surface area contributed by atoms with Crippen LogP contribution in [0.1, 0.15) is 24.3 Å². The predicted octanol–water partition coefficient (Wildman–Crippen LogP) is 1.71. The molecule has 5 atom stereocenters. The minimum absolute atomic E-state index is 0.0101. The Balaban J connectivity index is 1.34. The van der Waals surface area contributed by atoms with Gasteiger partial charge >= 0.3 is 0 Å². The van der Waals surface area contributed by atoms with Gasteiger partial charge in [-0.2, -0.15) is 0 Å². The average molecular weight is 430 g/mol. The van der Waals surface area contributed by atoms with E-state index in [4.69, 9.17) is 4.99 Å². The molecule has 1 aliphatic heterocycles. The Morgan fingerprint density at radius 3 is 2.50 bits per heavy atom. The summed E-state index contributed by atoms with van der Waals surface area (Å²) in [7, 11) is 4.12. The van der Waals surface area contributed by atoms with Crippen LogP contribution in [-0.4, -0.2) is 67.8 Å². The molecule has 7 nitrogen and oxygen atoms in total. The molecule has 3 aliphatic rings. The molecule has 0 radical (unpaired) electrons. The Morgan fingerprint density at radius 1 is 1.23 bits per heavy atom. The van der Waals surface area contributed by atoms with E-state index in [1.165, 1.54) is 9.78 Å². The Bertz CT molecular complexity index is 805. The van der Waals surface area contributed by atoms with E-state index in [1.807, 2.05) is 6.92 Å². The van der Waals surface area contributed by atoms with E-state index in [-0.39, 0.29) is 41.5 Å². The number of guanidine groups is 1. The van der Waals surface area contributed by atoms with E-state index in [0.717, 1.165) is 13.0 Å². The largest absolute Gasteiger partial charge is 0.357 e. The number of nitrogens with one attached hydrogen (secondary N) is 2. The van der Waals surface area contributed by atoms with Crippen molar-refractivity contribution in [2.45, 2.75) is 19.4 Å². The summed E-state index contributed by atoms with van der Waals surface area (Å²) in [6, 6.07) is 4.41. The molecule has 2 N–H and O–H groups in total. The molecule has 1 aromatic rings. The van der Waals surface area contributed by atoms with Gasteiger partial charge in [-0.05, 0) is 50.7 Å². The van der Waals surface area contributed by atoms with Crippen molar-refractivity contribution >= 4 is 29.1 Å². The van der Waals surface area contributed by atoms with Crippen molar-refractivity contribution in [3.63, 3.8) is 0 Å². The lowest BCUT2D eigenvalue weighted by Crippen LogP contribution is -2.44. The molecule has 2 amide bonds. The Hall–Kier alpha value is -2.19. The second kappa shape index (κ2) is 8.89. The molecule has 162 valence electrons. The smallest absolute Gasteiger partial charge is 0.233 e. The van der Waals surface area contributed by atoms with Crippen molar-refractivity contribution in [2.24, 2.45) is 28.7 Å². The number of carbonyl (C=O) groups is 2. The monoisotopic (exact) mass is 429 g/mol. The van der Waals surface area contributed by atoms with Crippen LogP contribution in [0.2, 0.25) is 0 Å². The molecule has 2 aliphatic carbocycles. The summed E-state index contributed by atoms with van der Waals surface area (Å²) < 4.78 is 0. The van der Waals surface area contributed by atoms with Crippen LogP contribution in [0.25, 0.3) is 0 Å². The maximum atomic E-state index is 12.8. The van der Waals surface area contributed by atoms with Crippen molar-refractivity contribution in [3.05, 3.63) is 34.5 Å². The zero-order valence-electron chi connectivity index (χ0n) is 17.9. The summed E-state index contributed by atoms with van der Waals surface area (Å²) in [4.78, 5) is 35.3. The summed E-state index contributed by atoms with van der Waals surface area (Å²) in [5.74, 6) is 0.998. The minimum atomic E-state index is -0.124. The maximum Gasteiger partial charge on any atom is 0.233 e. The molecular formula is C22H31N5O2S. The summed E-state index contributed by atoms with van der Waals surface area (Å²) in [6.45, 7) is 4.28. The highest BCUT2D eigenvalue weighted by Gasteiger charge is 2.58. The normalized spacial score (nSPS) is 28.5. The molecular weight excluding hydrogens is 398 g/mol. The number of rotatable bonds is 8. The minimum Gasteiger partial charge on any atom is -0.357 e. The fraction of sp³-hybridized carbons (Fsp3) is 0.591. The van der Waals surface area contributed by atoms with Crippen molar-refractivity contribution < 1.29 is 9.59 Å². The molecule has 0 spiro atoms. The molecule has 30 heavy (non-hydrogen) atoms. The summed E-state index contributed by atoms with van der Waals surface area (Å²) in [5.41, 5.74) is 0. The highest BCUT2D eigenvalue weighted by Crippen LogP contribution is 2.52. The lowest BCUT2D eigenvalue weighted by atomic mass is 9.85. The number of amides is 2. The summed E-state index contributed by atoms with van der Waals surface area (Å²) >= 11 is 1.73. The van der Waals surface area contributed by atoms with Gasteiger partial charge in [0.15, 0.2) is 5.96 Å². The fourth-order valence-corrected chi connectivity index (χ4v) is 5.89. The molecule has 1 aromatic heterocycles. The third-order valence-electron chi connectivity index (χ3n) is 6.45. The lowest BCUT2D eigenvalue weighted by Gasteiger charge is -2.22. The number of imide groups is 1. The van der Waals surface area contributed by atoms with Crippen LogP contribution in [0.4, 0.5) is 0 Å². The van der Waals surface area contributed by atoms with E-state index < -0.39 is 0 Å². The van der Waals surface area contributed by atoms with Gasteiger partial charge in [0, 0.05) is 24.5 Å². The average Bonchev–Trinajstić information content (AvgIpc) is 3.49. The SMILES string of the molecule is CCNC(=NCC(c1cccs1)N(C)C)NCCN1C(=O)C2C3C=CC(C3)C2C1=O. The van der Waals surface area contributed by atoms with Gasteiger partial charge in [-0.3, -0.25) is 19.5 Å². The fourth-order valence-electron chi connectivity index (χ4n) is 4.98. The van der Waals surface area contributed by atoms with Crippen LogP contribution in [0.5, 0.6) is 0 Å². The number of nitrogens with zero attached hydrogens (tertiary/aromatic N) is 3. The predicted molar refractivity (Wildman–Crippen MR) is 119 cm³/mol. The first-order valence-electron chi connectivity index (χ1n) is 10.8. The van der Waals surface area contributed by atoms with E-state index in [9.17, 15) is 9.59 Å². The zero-order valence-corrected chi connectivity index (χ0v) is 18.7. The van der Waals surface area contributed by atoms with Gasteiger partial charge in [-0.1, -0.05) is 18.2 Å². The molecule has 1 saturated heterocycles. The van der Waals surface area contributed by atoms with Gasteiger partial charge in [-0.25, -0.2) is 0 Å². The molecule has 5 unspecified atom stereocenters. The van der Waals surface area contributed by atoms with Gasteiger partial charge in [0.05, 0.1) is 24.4 Å². The zero-order chi connectivity index (χ0) is 21.3. The number of allylic oxidation sites excluding steroid dienone is 2. The lowest BCUT2D eigenvalue weighted by molar-refractivity contribution is -0.140. The second-order valence-corrected chi connectivity index (χ2v) is 9.45. The van der Waals surface area contributed by atoms with E-state index in [1.54, 1.807) is 11.3 Å². The number of likely N-dealkylation sites (tertiary alicyclic amines) is 1. The second-order valence-electron chi connectivity index (χ2n) is 8.47. The van der Waals surface area contributed by atoms with E-state index in [2.05, 4.69) is 59.3 Å². The Kier molecular flexibility index (Phi) is 6.24. The van der Waals surface area contributed by atoms with Gasteiger partial charge in [0.2, 0.25) is 11.8 Å². The number of hydrogen-bond acceptors (Lipinski definition) is 5. The van der Waals surface area contributed by atoms with Crippen molar-refractivity contribution in [3.8, 4) is 0 Å². The van der Waals surface area contributed by atoms with E-state index in [0.29, 0.717) is 25.6 Å². The molecule has 4 rings (SSSR count). The standard InChI is InChI=1S/C22H31N5O2S/c1-4-23-22(25-13-16(26(2)3)17-6-5-11-30-17)24-9-10-27-20(28)18-14-7-8-15(12-14)19(18)21(27)29/h5-8,11,14-16,18-19H,4,9-10,12-13H2,1-3H3,(H2,23,24,25). The quantitative estimate of drug-likeness (QED) is 0.285. The summed E-state index contributed by atoms with van der Waals surface area (Å²) in [5, 5.41) is 8.64. The highest BCUT2D eigenvalue weighted by atomic mass is 32.1. The Labute approximate surface area is 182 Å². The van der Waals surface area contributed by atoms with Crippen molar-refractivity contribution in [2.75, 3.05) is 40.3 Å². The molecule has 2 heterocycles. The van der Waals surface area contributed by atoms with Crippen LogP contribution in [0.3, 0.4) is 0 Å². The summed E-state index contributed by atoms with van der Waals surface area (Å²) in [6.07, 6.45) is 5.22. The number of aliphatic imine (C=N–C) groups is 1. The number of fused-ring (bicyclic) bond motifs is 5. The highest BCUT2D eigenvalue weighted by molar-refractivity contribution is 7.10. The topological polar surface area (TPSA) is 77.0 Å². The van der Waals surface area contributed by atoms with Crippen LogP contribution in [0.15, 0.2) is 34.7 Å². The Morgan fingerprint density at radius 2 is 1.93 bits per heavy atom. The van der Waals surface area contributed by atoms with Gasteiger partial charge < -0.3 is 15.5 Å². The van der Waals surface area contributed by atoms with Crippen LogP contribution in [-0.2, 0) is 9.59 Å². The maximum absolute atomic E-state index is 12.8. The van der Waals surface area contributed by atoms with E-state index >= 15 is 0 Å². The first kappa shape index (κ1) is 21.1. The molecule has 8 heteroatoms. The van der Waals surface area contributed by atoms with Crippen molar-refractivity contribution in [1.82, 2.24) is 20.4 Å². The number of hydrogen-bond donors (Lipinski definition) is 2. The third kappa shape index (κ3) is 3.90. The van der Waals surface area contributed by atoms with Gasteiger partial charge in [-0.15, -0.1) is 11.3 Å². The number of likely N-dealkylation sites (N-methyl/N-ethyl adjacent to an activating group) is 1. The third-order valence-corrected chi connectivity index (χ3v) is 7.42. The molecule has 0 aromatic carbocycles.